The minimum atomic E-state index is -0.0357. The van der Waals surface area contributed by atoms with E-state index in [2.05, 4.69) is 12.1 Å². The first-order valence-electron chi connectivity index (χ1n) is 8.01. The van der Waals surface area contributed by atoms with Gasteiger partial charge in [-0.1, -0.05) is 12.5 Å². The van der Waals surface area contributed by atoms with Gasteiger partial charge in [-0.15, -0.1) is 0 Å². The van der Waals surface area contributed by atoms with Gasteiger partial charge in [-0.2, -0.15) is 0 Å². The van der Waals surface area contributed by atoms with Crippen LogP contribution in [0.1, 0.15) is 36.8 Å². The van der Waals surface area contributed by atoms with Gasteiger partial charge in [-0.3, -0.25) is 0 Å². The van der Waals surface area contributed by atoms with Crippen molar-refractivity contribution in [3.8, 4) is 11.5 Å². The van der Waals surface area contributed by atoms with Gasteiger partial charge in [-0.05, 0) is 55.2 Å². The van der Waals surface area contributed by atoms with Gasteiger partial charge in [0, 0.05) is 11.0 Å². The summed E-state index contributed by atoms with van der Waals surface area (Å²) in [5.74, 6) is 3.37. The molecule has 3 heteroatoms. The lowest BCUT2D eigenvalue weighted by Gasteiger charge is -2.53. The molecule has 1 N–H and O–H groups in total. The van der Waals surface area contributed by atoms with Crippen LogP contribution in [0.15, 0.2) is 24.0 Å². The van der Waals surface area contributed by atoms with Crippen LogP contribution in [0.3, 0.4) is 0 Å². The summed E-state index contributed by atoms with van der Waals surface area (Å²) in [7, 11) is 1.74. The molecule has 4 aliphatic rings. The van der Waals surface area contributed by atoms with Crippen LogP contribution in [0.25, 0.3) is 0 Å². The Hall–Kier alpha value is -1.64. The molecule has 21 heavy (non-hydrogen) atoms. The molecule has 1 spiro atoms. The summed E-state index contributed by atoms with van der Waals surface area (Å²) < 4.78 is 11.9. The number of hydrogen-bond donors (Lipinski definition) is 1. The van der Waals surface area contributed by atoms with Gasteiger partial charge in [0.2, 0.25) is 0 Å². The molecule has 1 aromatic carbocycles. The maximum atomic E-state index is 10.3. The van der Waals surface area contributed by atoms with Crippen molar-refractivity contribution in [2.45, 2.75) is 43.6 Å². The highest BCUT2D eigenvalue weighted by Crippen LogP contribution is 2.65. The van der Waals surface area contributed by atoms with Crippen LogP contribution in [0, 0.1) is 11.8 Å². The Bertz CT molecular complexity index is 663. The molecule has 4 atom stereocenters. The first kappa shape index (κ1) is 12.0. The molecular weight excluding hydrogens is 264 g/mol. The smallest absolute Gasteiger partial charge is 0.166 e. The van der Waals surface area contributed by atoms with Crippen LogP contribution in [0.2, 0.25) is 0 Å². The lowest BCUT2D eigenvalue weighted by molar-refractivity contribution is 0.00263. The maximum Gasteiger partial charge on any atom is 0.166 e. The van der Waals surface area contributed by atoms with Crippen molar-refractivity contribution in [3.05, 3.63) is 35.1 Å². The Kier molecular flexibility index (Phi) is 2.14. The van der Waals surface area contributed by atoms with Crippen molar-refractivity contribution in [2.75, 3.05) is 7.11 Å². The number of rotatable bonds is 1. The summed E-state index contributed by atoms with van der Waals surface area (Å²) >= 11 is 0. The second kappa shape index (κ2) is 3.76. The third kappa shape index (κ3) is 1.22. The Morgan fingerprint density at radius 1 is 1.38 bits per heavy atom. The van der Waals surface area contributed by atoms with Crippen molar-refractivity contribution in [1.82, 2.24) is 0 Å². The second-order valence-electron chi connectivity index (χ2n) is 7.00. The number of phenolic OH excluding ortho intramolecular Hbond substituents is 1. The fourth-order valence-corrected chi connectivity index (χ4v) is 5.65. The van der Waals surface area contributed by atoms with E-state index in [9.17, 15) is 5.11 Å². The first-order chi connectivity index (χ1) is 10.3. The lowest BCUT2D eigenvalue weighted by Crippen LogP contribution is -2.55. The molecule has 3 aliphatic carbocycles. The van der Waals surface area contributed by atoms with Crippen LogP contribution in [-0.2, 0) is 16.6 Å². The zero-order valence-electron chi connectivity index (χ0n) is 12.3. The average Bonchev–Trinajstić information content (AvgIpc) is 2.83. The fourth-order valence-electron chi connectivity index (χ4n) is 5.65. The number of aromatic hydroxyl groups is 1. The molecule has 1 fully saturated rings. The van der Waals surface area contributed by atoms with E-state index in [0.717, 1.165) is 36.7 Å². The molecule has 1 aromatic rings. The van der Waals surface area contributed by atoms with Crippen molar-refractivity contribution >= 4 is 0 Å². The fraction of sp³-hybridized carbons (Fsp3) is 0.556. The zero-order chi connectivity index (χ0) is 14.2. The monoisotopic (exact) mass is 284 g/mol. The Labute approximate surface area is 124 Å². The molecule has 1 heterocycles. The third-order valence-corrected chi connectivity index (χ3v) is 6.34. The number of allylic oxidation sites excluding steroid dienone is 1. The largest absolute Gasteiger partial charge is 0.504 e. The van der Waals surface area contributed by atoms with Gasteiger partial charge in [-0.25, -0.2) is 0 Å². The second-order valence-corrected chi connectivity index (χ2v) is 7.00. The molecule has 3 nitrogen and oxygen atoms in total. The maximum absolute atomic E-state index is 10.3. The summed E-state index contributed by atoms with van der Waals surface area (Å²) in [5.41, 5.74) is 2.74. The van der Waals surface area contributed by atoms with E-state index in [1.807, 2.05) is 0 Å². The van der Waals surface area contributed by atoms with Crippen LogP contribution < -0.4 is 4.74 Å². The minimum Gasteiger partial charge on any atom is -0.504 e. The van der Waals surface area contributed by atoms with Crippen LogP contribution in [0.5, 0.6) is 11.5 Å². The predicted octanol–water partition coefficient (Wildman–Crippen LogP) is 3.30. The molecule has 2 bridgehead atoms. The van der Waals surface area contributed by atoms with Gasteiger partial charge < -0.3 is 14.6 Å². The van der Waals surface area contributed by atoms with Crippen LogP contribution in [0.4, 0.5) is 0 Å². The van der Waals surface area contributed by atoms with E-state index in [1.165, 1.54) is 24.0 Å². The summed E-state index contributed by atoms with van der Waals surface area (Å²) in [5, 5.41) is 10.3. The lowest BCUT2D eigenvalue weighted by atomic mass is 9.49. The summed E-state index contributed by atoms with van der Waals surface area (Å²) in [6.45, 7) is 0. The van der Waals surface area contributed by atoms with E-state index in [1.54, 1.807) is 13.2 Å². The summed E-state index contributed by atoms with van der Waals surface area (Å²) in [6, 6.07) is 3.91. The van der Waals surface area contributed by atoms with Crippen molar-refractivity contribution < 1.29 is 14.6 Å². The topological polar surface area (TPSA) is 38.7 Å². The Morgan fingerprint density at radius 2 is 2.29 bits per heavy atom. The summed E-state index contributed by atoms with van der Waals surface area (Å²) in [4.78, 5) is 0. The molecule has 5 rings (SSSR count). The van der Waals surface area contributed by atoms with E-state index in [-0.39, 0.29) is 17.3 Å². The highest BCUT2D eigenvalue weighted by molar-refractivity contribution is 5.61. The summed E-state index contributed by atoms with van der Waals surface area (Å²) in [6.07, 6.45) is 8.15. The zero-order valence-corrected chi connectivity index (χ0v) is 12.3. The predicted molar refractivity (Wildman–Crippen MR) is 78.4 cm³/mol. The van der Waals surface area contributed by atoms with Crippen molar-refractivity contribution in [3.63, 3.8) is 0 Å². The molecule has 0 amide bonds. The van der Waals surface area contributed by atoms with Gasteiger partial charge >= 0.3 is 0 Å². The average molecular weight is 284 g/mol. The van der Waals surface area contributed by atoms with E-state index in [4.69, 9.17) is 9.47 Å². The van der Waals surface area contributed by atoms with Gasteiger partial charge in [0.05, 0.1) is 7.11 Å². The standard InChI is InChI=1S/C18H20O3/c1-20-14-7-5-12-10-3-2-8-18(12)15-11(9-10)4-6-13(19)16(15)21-17(14)18/h4,6-7,10,12,17,19H,2-3,5,8-9H2,1H3/t10-,12+,17+,18+/m1/s1. The molecule has 0 unspecified atom stereocenters. The van der Waals surface area contributed by atoms with Crippen molar-refractivity contribution in [1.29, 1.82) is 0 Å². The van der Waals surface area contributed by atoms with Crippen molar-refractivity contribution in [2.24, 2.45) is 11.8 Å². The number of hydrogen-bond acceptors (Lipinski definition) is 3. The number of benzene rings is 1. The van der Waals surface area contributed by atoms with Gasteiger partial charge in [0.25, 0.3) is 0 Å². The SMILES string of the molecule is COC1=CC[C@H]2[C@@H]3CCC[C@@]24c2c(ccc(O)c2O[C@@H]14)C3. The molecule has 1 saturated carbocycles. The van der Waals surface area contributed by atoms with Gasteiger partial charge in [0.1, 0.15) is 5.76 Å². The highest BCUT2D eigenvalue weighted by atomic mass is 16.5. The molecule has 110 valence electrons. The molecule has 1 aliphatic heterocycles. The number of methoxy groups -OCH3 is 1. The van der Waals surface area contributed by atoms with Crippen LogP contribution in [-0.4, -0.2) is 18.3 Å². The first-order valence-corrected chi connectivity index (χ1v) is 8.01. The van der Waals surface area contributed by atoms with Crippen LogP contribution >= 0.6 is 0 Å². The molecule has 0 saturated heterocycles. The Balaban J connectivity index is 1.83. The molecule has 0 radical (unpaired) electrons. The molecule has 0 aromatic heterocycles. The Morgan fingerprint density at radius 3 is 3.14 bits per heavy atom. The molecular formula is C18H20O3. The normalized spacial score (nSPS) is 38.3. The number of ether oxygens (including phenoxy) is 2. The van der Waals surface area contributed by atoms with Gasteiger partial charge in [0.15, 0.2) is 17.6 Å². The quantitative estimate of drug-likeness (QED) is 0.860. The number of phenols is 1. The van der Waals surface area contributed by atoms with E-state index >= 15 is 0 Å². The third-order valence-electron chi connectivity index (χ3n) is 6.34. The van der Waals surface area contributed by atoms with E-state index in [0.29, 0.717) is 5.92 Å². The van der Waals surface area contributed by atoms with E-state index < -0.39 is 0 Å². The highest BCUT2D eigenvalue weighted by Gasteiger charge is 2.63. The minimum absolute atomic E-state index is 0.0357.